The molecule has 1 heterocycles. The molecule has 4 nitrogen and oxygen atoms in total. The molecule has 0 spiro atoms. The van der Waals surface area contributed by atoms with Crippen molar-refractivity contribution in [1.82, 2.24) is 0 Å². The Morgan fingerprint density at radius 1 is 1.29 bits per heavy atom. The second kappa shape index (κ2) is 4.88. The van der Waals surface area contributed by atoms with Gasteiger partial charge in [0, 0.05) is 16.6 Å². The highest BCUT2D eigenvalue weighted by atomic mass is 32.2. The molecule has 1 aromatic rings. The molecule has 1 aliphatic rings. The summed E-state index contributed by atoms with van der Waals surface area (Å²) in [5.41, 5.74) is 0.992. The van der Waals surface area contributed by atoms with Crippen LogP contribution in [0.3, 0.4) is 0 Å². The van der Waals surface area contributed by atoms with Crippen LogP contribution < -0.4 is 0 Å². The molecule has 1 aliphatic heterocycles. The normalized spacial score (nSPS) is 25.0. The summed E-state index contributed by atoms with van der Waals surface area (Å²) in [6, 6.07) is 6.50. The van der Waals surface area contributed by atoms with E-state index in [0.717, 1.165) is 5.56 Å². The first-order chi connectivity index (χ1) is 7.97. The quantitative estimate of drug-likeness (QED) is 0.778. The molecule has 0 aromatic heterocycles. The smallest absolute Gasteiger partial charge is 0.262 e. The highest BCUT2D eigenvalue weighted by Crippen LogP contribution is 2.19. The van der Waals surface area contributed by atoms with Crippen molar-refractivity contribution in [3.05, 3.63) is 29.8 Å². The number of benzene rings is 1. The SMILES string of the molecule is Cc1ccc(S(=O)(=O)O[C@H]2CC[S@@](=O)C2)cc1. The lowest BCUT2D eigenvalue weighted by atomic mass is 10.2. The predicted octanol–water partition coefficient (Wildman–Crippen LogP) is 1.22. The minimum Gasteiger partial charge on any atom is -0.262 e. The first-order valence-electron chi connectivity index (χ1n) is 5.32. The Kier molecular flexibility index (Phi) is 3.65. The summed E-state index contributed by atoms with van der Waals surface area (Å²) < 4.78 is 40.0. The third kappa shape index (κ3) is 3.14. The van der Waals surface area contributed by atoms with Crippen LogP contribution in [0, 0.1) is 6.92 Å². The molecular weight excluding hydrogens is 260 g/mol. The Morgan fingerprint density at radius 3 is 2.47 bits per heavy atom. The largest absolute Gasteiger partial charge is 0.297 e. The van der Waals surface area contributed by atoms with Gasteiger partial charge in [-0.3, -0.25) is 8.39 Å². The van der Waals surface area contributed by atoms with Gasteiger partial charge in [-0.05, 0) is 25.5 Å². The van der Waals surface area contributed by atoms with Gasteiger partial charge in [-0.25, -0.2) is 0 Å². The van der Waals surface area contributed by atoms with E-state index in [-0.39, 0.29) is 4.90 Å². The van der Waals surface area contributed by atoms with Crippen LogP contribution in [0.4, 0.5) is 0 Å². The van der Waals surface area contributed by atoms with E-state index in [2.05, 4.69) is 0 Å². The molecule has 94 valence electrons. The highest BCUT2D eigenvalue weighted by molar-refractivity contribution is 7.87. The van der Waals surface area contributed by atoms with E-state index >= 15 is 0 Å². The van der Waals surface area contributed by atoms with Crippen LogP contribution in [0.25, 0.3) is 0 Å². The molecule has 0 amide bonds. The third-order valence-corrected chi connectivity index (χ3v) is 5.42. The van der Waals surface area contributed by atoms with Gasteiger partial charge in [0.05, 0.1) is 16.8 Å². The fraction of sp³-hybridized carbons (Fsp3) is 0.455. The molecule has 1 saturated heterocycles. The molecule has 1 fully saturated rings. The Balaban J connectivity index is 2.14. The molecule has 6 heteroatoms. The van der Waals surface area contributed by atoms with E-state index in [1.807, 2.05) is 6.92 Å². The molecule has 2 rings (SSSR count). The number of hydrogen-bond acceptors (Lipinski definition) is 4. The van der Waals surface area contributed by atoms with Gasteiger partial charge in [0.25, 0.3) is 10.1 Å². The van der Waals surface area contributed by atoms with Gasteiger partial charge in [-0.2, -0.15) is 8.42 Å². The van der Waals surface area contributed by atoms with Crippen molar-refractivity contribution in [2.24, 2.45) is 0 Å². The van der Waals surface area contributed by atoms with Crippen molar-refractivity contribution in [2.75, 3.05) is 11.5 Å². The number of aryl methyl sites for hydroxylation is 1. The van der Waals surface area contributed by atoms with Crippen LogP contribution in [0.1, 0.15) is 12.0 Å². The standard InChI is InChI=1S/C11H14O4S2/c1-9-2-4-11(5-3-9)17(13,14)15-10-6-7-16(12)8-10/h2-5,10H,6-8H2,1H3/t10-,16+/m0/s1. The molecule has 0 N–H and O–H groups in total. The second-order valence-corrected chi connectivity index (χ2v) is 7.28. The Labute approximate surface area is 104 Å². The van der Waals surface area contributed by atoms with Crippen molar-refractivity contribution in [1.29, 1.82) is 0 Å². The zero-order chi connectivity index (χ0) is 12.5. The van der Waals surface area contributed by atoms with Crippen LogP contribution in [0.15, 0.2) is 29.2 Å². The zero-order valence-electron chi connectivity index (χ0n) is 9.46. The van der Waals surface area contributed by atoms with Crippen molar-refractivity contribution in [3.8, 4) is 0 Å². The lowest BCUT2D eigenvalue weighted by Crippen LogP contribution is -2.18. The average Bonchev–Trinajstić information content (AvgIpc) is 2.63. The fourth-order valence-corrected chi connectivity index (χ4v) is 4.18. The van der Waals surface area contributed by atoms with E-state index in [9.17, 15) is 12.6 Å². The minimum absolute atomic E-state index is 0.154. The van der Waals surface area contributed by atoms with Gasteiger partial charge in [-0.15, -0.1) is 0 Å². The summed E-state index contributed by atoms with van der Waals surface area (Å²) in [5, 5.41) is 0. The first kappa shape index (κ1) is 12.7. The second-order valence-electron chi connectivity index (χ2n) is 4.08. The van der Waals surface area contributed by atoms with E-state index < -0.39 is 27.0 Å². The Bertz CT molecular complexity index is 519. The predicted molar refractivity (Wildman–Crippen MR) is 65.7 cm³/mol. The van der Waals surface area contributed by atoms with Crippen molar-refractivity contribution in [3.63, 3.8) is 0 Å². The molecule has 0 aliphatic carbocycles. The van der Waals surface area contributed by atoms with E-state index in [0.29, 0.717) is 17.9 Å². The van der Waals surface area contributed by atoms with Crippen molar-refractivity contribution < 1.29 is 16.8 Å². The molecule has 1 aromatic carbocycles. The van der Waals surface area contributed by atoms with E-state index in [1.54, 1.807) is 12.1 Å². The summed E-state index contributed by atoms with van der Waals surface area (Å²) in [5.74, 6) is 0.833. The summed E-state index contributed by atoms with van der Waals surface area (Å²) in [6.45, 7) is 1.89. The van der Waals surface area contributed by atoms with Crippen molar-refractivity contribution in [2.45, 2.75) is 24.3 Å². The summed E-state index contributed by atoms with van der Waals surface area (Å²) >= 11 is 0. The third-order valence-electron chi connectivity index (χ3n) is 2.61. The molecular formula is C11H14O4S2. The minimum atomic E-state index is -3.72. The van der Waals surface area contributed by atoms with Gasteiger partial charge < -0.3 is 0 Å². The summed E-state index contributed by atoms with van der Waals surface area (Å²) in [4.78, 5) is 0.154. The Morgan fingerprint density at radius 2 is 1.94 bits per heavy atom. The maximum absolute atomic E-state index is 11.9. The van der Waals surface area contributed by atoms with Crippen LogP contribution in [0.5, 0.6) is 0 Å². The topological polar surface area (TPSA) is 60.4 Å². The van der Waals surface area contributed by atoms with Crippen LogP contribution in [-0.2, 0) is 25.1 Å². The van der Waals surface area contributed by atoms with Gasteiger partial charge in [0.2, 0.25) is 0 Å². The maximum Gasteiger partial charge on any atom is 0.297 e. The zero-order valence-corrected chi connectivity index (χ0v) is 11.1. The van der Waals surface area contributed by atoms with Crippen LogP contribution in [0.2, 0.25) is 0 Å². The molecule has 0 radical (unpaired) electrons. The van der Waals surface area contributed by atoms with Gasteiger partial charge in [0.15, 0.2) is 0 Å². The molecule has 0 unspecified atom stereocenters. The number of hydrogen-bond donors (Lipinski definition) is 0. The van der Waals surface area contributed by atoms with Gasteiger partial charge in [0.1, 0.15) is 0 Å². The first-order valence-corrected chi connectivity index (χ1v) is 8.22. The Hall–Kier alpha value is -0.720. The summed E-state index contributed by atoms with van der Waals surface area (Å²) in [7, 11) is -4.66. The van der Waals surface area contributed by atoms with Crippen molar-refractivity contribution >= 4 is 20.9 Å². The summed E-state index contributed by atoms with van der Waals surface area (Å²) in [6.07, 6.45) is 0.0969. The fourth-order valence-electron chi connectivity index (χ4n) is 1.65. The molecule has 2 atom stereocenters. The lowest BCUT2D eigenvalue weighted by Gasteiger charge is -2.10. The molecule has 0 saturated carbocycles. The molecule has 0 bridgehead atoms. The van der Waals surface area contributed by atoms with E-state index in [1.165, 1.54) is 12.1 Å². The molecule has 17 heavy (non-hydrogen) atoms. The van der Waals surface area contributed by atoms with E-state index in [4.69, 9.17) is 4.18 Å². The average molecular weight is 274 g/mol. The maximum atomic E-state index is 11.9. The lowest BCUT2D eigenvalue weighted by molar-refractivity contribution is 0.236. The highest BCUT2D eigenvalue weighted by Gasteiger charge is 2.28. The number of rotatable bonds is 3. The monoisotopic (exact) mass is 274 g/mol. The van der Waals surface area contributed by atoms with Gasteiger partial charge in [-0.1, -0.05) is 17.7 Å². The van der Waals surface area contributed by atoms with Gasteiger partial charge >= 0.3 is 0 Å². The van der Waals surface area contributed by atoms with Crippen LogP contribution >= 0.6 is 0 Å². The van der Waals surface area contributed by atoms with Crippen LogP contribution in [-0.4, -0.2) is 30.2 Å².